The Labute approximate surface area is 125 Å². The molecular formula is C16H22N2OS. The van der Waals surface area contributed by atoms with Crippen LogP contribution < -0.4 is 10.1 Å². The van der Waals surface area contributed by atoms with Crippen LogP contribution in [0.15, 0.2) is 29.6 Å². The van der Waals surface area contributed by atoms with Crippen LogP contribution in [0.1, 0.15) is 36.9 Å². The Hall–Kier alpha value is -1.39. The highest BCUT2D eigenvalue weighted by Gasteiger charge is 2.10. The lowest BCUT2D eigenvalue weighted by Gasteiger charge is -2.21. The molecule has 2 aromatic heterocycles. The number of pyridine rings is 1. The van der Waals surface area contributed by atoms with E-state index in [1.807, 2.05) is 19.1 Å². The fraction of sp³-hybridized carbons (Fsp3) is 0.438. The molecule has 108 valence electrons. The summed E-state index contributed by atoms with van der Waals surface area (Å²) in [6, 6.07) is 8.13. The van der Waals surface area contributed by atoms with Crippen LogP contribution >= 0.6 is 11.3 Å². The largest absolute Gasteiger partial charge is 0.472 e. The summed E-state index contributed by atoms with van der Waals surface area (Å²) in [6.45, 7) is 9.92. The van der Waals surface area contributed by atoms with Crippen molar-refractivity contribution in [3.8, 4) is 5.88 Å². The Kier molecular flexibility index (Phi) is 4.78. The average Bonchev–Trinajstić information content (AvgIpc) is 2.87. The van der Waals surface area contributed by atoms with E-state index in [-0.39, 0.29) is 5.54 Å². The lowest BCUT2D eigenvalue weighted by molar-refractivity contribution is 0.296. The summed E-state index contributed by atoms with van der Waals surface area (Å²) in [4.78, 5) is 5.73. The van der Waals surface area contributed by atoms with E-state index in [0.29, 0.717) is 12.5 Å². The van der Waals surface area contributed by atoms with Gasteiger partial charge in [0.25, 0.3) is 0 Å². The molecule has 2 rings (SSSR count). The van der Waals surface area contributed by atoms with E-state index in [4.69, 9.17) is 4.74 Å². The number of hydrogen-bond donors (Lipinski definition) is 1. The van der Waals surface area contributed by atoms with Gasteiger partial charge in [-0.2, -0.15) is 0 Å². The van der Waals surface area contributed by atoms with Gasteiger partial charge < -0.3 is 10.1 Å². The maximum absolute atomic E-state index is 5.71. The van der Waals surface area contributed by atoms with Gasteiger partial charge in [-0.3, -0.25) is 0 Å². The van der Waals surface area contributed by atoms with Gasteiger partial charge in [0.2, 0.25) is 5.88 Å². The summed E-state index contributed by atoms with van der Waals surface area (Å²) in [6.07, 6.45) is 0. The maximum Gasteiger partial charge on any atom is 0.213 e. The first kappa shape index (κ1) is 15.0. The second kappa shape index (κ2) is 6.37. The van der Waals surface area contributed by atoms with Gasteiger partial charge in [0.1, 0.15) is 6.61 Å². The molecule has 0 aliphatic rings. The first-order chi connectivity index (χ1) is 9.44. The van der Waals surface area contributed by atoms with Gasteiger partial charge in [0.15, 0.2) is 0 Å². The van der Waals surface area contributed by atoms with Gasteiger partial charge in [0, 0.05) is 28.7 Å². The number of nitrogens with zero attached hydrogens (tertiary/aromatic N) is 1. The van der Waals surface area contributed by atoms with Gasteiger partial charge in [0.05, 0.1) is 0 Å². The second-order valence-electron chi connectivity index (χ2n) is 5.87. The van der Waals surface area contributed by atoms with Crippen LogP contribution in [0.3, 0.4) is 0 Å². The third-order valence-corrected chi connectivity index (χ3v) is 3.77. The first-order valence-electron chi connectivity index (χ1n) is 6.81. The minimum Gasteiger partial charge on any atom is -0.472 e. The fourth-order valence-electron chi connectivity index (χ4n) is 1.73. The SMILES string of the molecule is Cc1nc(OCc2cccs2)ccc1CNC(C)(C)C. The quantitative estimate of drug-likeness (QED) is 0.906. The molecule has 2 heterocycles. The van der Waals surface area contributed by atoms with E-state index in [9.17, 15) is 0 Å². The molecule has 0 bridgehead atoms. The van der Waals surface area contributed by atoms with Crippen LogP contribution in [0.5, 0.6) is 5.88 Å². The molecule has 0 fully saturated rings. The predicted molar refractivity (Wildman–Crippen MR) is 84.2 cm³/mol. The van der Waals surface area contributed by atoms with Crippen molar-refractivity contribution in [3.05, 3.63) is 45.8 Å². The standard InChI is InChI=1S/C16H22N2OS/c1-12-13(10-17-16(2,3)4)7-8-15(18-12)19-11-14-6-5-9-20-14/h5-9,17H,10-11H2,1-4H3. The third-order valence-electron chi connectivity index (χ3n) is 2.92. The molecule has 0 spiro atoms. The van der Waals surface area contributed by atoms with Crippen molar-refractivity contribution < 1.29 is 4.74 Å². The van der Waals surface area contributed by atoms with Gasteiger partial charge in [-0.1, -0.05) is 12.1 Å². The smallest absolute Gasteiger partial charge is 0.213 e. The van der Waals surface area contributed by atoms with Gasteiger partial charge in [-0.15, -0.1) is 11.3 Å². The third kappa shape index (κ3) is 4.62. The van der Waals surface area contributed by atoms with E-state index < -0.39 is 0 Å². The number of thiophene rings is 1. The van der Waals surface area contributed by atoms with Crippen molar-refractivity contribution in [2.24, 2.45) is 0 Å². The Morgan fingerprint density at radius 1 is 1.25 bits per heavy atom. The predicted octanol–water partition coefficient (Wildman–Crippen LogP) is 3.92. The van der Waals surface area contributed by atoms with Crippen LogP contribution in [-0.4, -0.2) is 10.5 Å². The number of rotatable bonds is 5. The molecule has 0 radical (unpaired) electrons. The number of aromatic nitrogens is 1. The molecule has 0 saturated heterocycles. The molecule has 0 saturated carbocycles. The molecule has 4 heteroatoms. The van der Waals surface area contributed by atoms with Crippen molar-refractivity contribution in [1.82, 2.24) is 10.3 Å². The average molecular weight is 290 g/mol. The Balaban J connectivity index is 1.95. The van der Waals surface area contributed by atoms with Crippen LogP contribution in [0.25, 0.3) is 0 Å². The van der Waals surface area contributed by atoms with E-state index >= 15 is 0 Å². The molecule has 0 amide bonds. The molecule has 2 aromatic rings. The summed E-state index contributed by atoms with van der Waals surface area (Å²) in [7, 11) is 0. The van der Waals surface area contributed by atoms with Crippen molar-refractivity contribution in [1.29, 1.82) is 0 Å². The van der Waals surface area contributed by atoms with Crippen LogP contribution in [0, 0.1) is 6.92 Å². The van der Waals surface area contributed by atoms with Gasteiger partial charge in [-0.05, 0) is 44.7 Å². The summed E-state index contributed by atoms with van der Waals surface area (Å²) in [5.74, 6) is 0.690. The van der Waals surface area contributed by atoms with Crippen LogP contribution in [0.4, 0.5) is 0 Å². The topological polar surface area (TPSA) is 34.1 Å². The molecule has 20 heavy (non-hydrogen) atoms. The highest BCUT2D eigenvalue weighted by atomic mass is 32.1. The molecule has 0 aromatic carbocycles. The summed E-state index contributed by atoms with van der Waals surface area (Å²) < 4.78 is 5.71. The minimum absolute atomic E-state index is 0.112. The summed E-state index contributed by atoms with van der Waals surface area (Å²) in [5, 5.41) is 5.53. The summed E-state index contributed by atoms with van der Waals surface area (Å²) in [5.41, 5.74) is 2.34. The van der Waals surface area contributed by atoms with E-state index in [1.54, 1.807) is 11.3 Å². The highest BCUT2D eigenvalue weighted by Crippen LogP contribution is 2.16. The van der Waals surface area contributed by atoms with E-state index in [0.717, 1.165) is 12.2 Å². The lowest BCUT2D eigenvalue weighted by Crippen LogP contribution is -2.35. The Morgan fingerprint density at radius 3 is 2.65 bits per heavy atom. The molecule has 0 aliphatic carbocycles. The first-order valence-corrected chi connectivity index (χ1v) is 7.69. The van der Waals surface area contributed by atoms with Crippen LogP contribution in [-0.2, 0) is 13.2 Å². The van der Waals surface area contributed by atoms with Crippen molar-refractivity contribution in [2.75, 3.05) is 0 Å². The minimum atomic E-state index is 0.112. The monoisotopic (exact) mass is 290 g/mol. The number of ether oxygens (including phenoxy) is 1. The van der Waals surface area contributed by atoms with Crippen molar-refractivity contribution in [2.45, 2.75) is 46.4 Å². The molecule has 3 nitrogen and oxygen atoms in total. The Morgan fingerprint density at radius 2 is 2.05 bits per heavy atom. The molecule has 0 unspecified atom stereocenters. The number of nitrogens with one attached hydrogen (secondary N) is 1. The maximum atomic E-state index is 5.71. The van der Waals surface area contributed by atoms with E-state index in [1.165, 1.54) is 10.4 Å². The Bertz CT molecular complexity index is 544. The zero-order valence-corrected chi connectivity index (χ0v) is 13.4. The molecule has 1 N–H and O–H groups in total. The zero-order valence-electron chi connectivity index (χ0n) is 12.6. The molecule has 0 atom stereocenters. The lowest BCUT2D eigenvalue weighted by atomic mass is 10.1. The van der Waals surface area contributed by atoms with Crippen molar-refractivity contribution in [3.63, 3.8) is 0 Å². The van der Waals surface area contributed by atoms with E-state index in [2.05, 4.69) is 48.6 Å². The molecular weight excluding hydrogens is 268 g/mol. The second-order valence-corrected chi connectivity index (χ2v) is 6.90. The normalized spacial score (nSPS) is 11.6. The van der Waals surface area contributed by atoms with Gasteiger partial charge >= 0.3 is 0 Å². The van der Waals surface area contributed by atoms with Crippen molar-refractivity contribution >= 4 is 11.3 Å². The fourth-order valence-corrected chi connectivity index (χ4v) is 2.35. The summed E-state index contributed by atoms with van der Waals surface area (Å²) >= 11 is 1.70. The number of hydrogen-bond acceptors (Lipinski definition) is 4. The highest BCUT2D eigenvalue weighted by molar-refractivity contribution is 7.09. The van der Waals surface area contributed by atoms with Gasteiger partial charge in [-0.25, -0.2) is 4.98 Å². The molecule has 0 aliphatic heterocycles. The van der Waals surface area contributed by atoms with Crippen LogP contribution in [0.2, 0.25) is 0 Å². The zero-order chi connectivity index (χ0) is 14.6. The number of aryl methyl sites for hydroxylation is 1.